The Kier molecular flexibility index (Phi) is 5.07. The summed E-state index contributed by atoms with van der Waals surface area (Å²) in [6, 6.07) is 7.54. The number of para-hydroxylation sites is 2. The maximum Gasteiger partial charge on any atom is 0.239 e. The van der Waals surface area contributed by atoms with Crippen molar-refractivity contribution in [3.63, 3.8) is 0 Å². The number of nitrogens with one attached hydrogen (secondary N) is 1. The minimum Gasteiger partial charge on any atom is -0.378 e. The molecule has 3 rings (SSSR count). The molecule has 8 heteroatoms. The molecule has 2 aliphatic rings. The Balaban J connectivity index is 1.70. The molecule has 24 heavy (non-hydrogen) atoms. The SMILES string of the molecule is CS(=O)(=O)N(CC(=O)Nc1ccccc1N1CCOCC1)C1CC1. The average molecular weight is 353 g/mol. The molecule has 0 unspecified atom stereocenters. The van der Waals surface area contributed by atoms with Gasteiger partial charge in [0.25, 0.3) is 0 Å². The number of carbonyl (C=O) groups excluding carboxylic acids is 1. The van der Waals surface area contributed by atoms with Gasteiger partial charge in [-0.3, -0.25) is 4.79 Å². The number of ether oxygens (including phenoxy) is 1. The lowest BCUT2D eigenvalue weighted by Crippen LogP contribution is -2.39. The monoisotopic (exact) mass is 353 g/mol. The van der Waals surface area contributed by atoms with E-state index >= 15 is 0 Å². The summed E-state index contributed by atoms with van der Waals surface area (Å²) in [5.41, 5.74) is 1.64. The molecule has 1 aromatic rings. The second kappa shape index (κ2) is 7.08. The van der Waals surface area contributed by atoms with Crippen molar-refractivity contribution in [2.75, 3.05) is 49.3 Å². The highest BCUT2D eigenvalue weighted by Gasteiger charge is 2.36. The standard InChI is InChI=1S/C16H23N3O4S/c1-24(21,22)19(13-6-7-13)12-16(20)17-14-4-2-3-5-15(14)18-8-10-23-11-9-18/h2-5,13H,6-12H2,1H3,(H,17,20). The Labute approximate surface area is 142 Å². The third-order valence-electron chi connectivity index (χ3n) is 4.21. The number of carbonyl (C=O) groups is 1. The van der Waals surface area contributed by atoms with Gasteiger partial charge in [-0.1, -0.05) is 12.1 Å². The number of hydrogen-bond donors (Lipinski definition) is 1. The molecule has 1 aliphatic heterocycles. The Morgan fingerprint density at radius 3 is 2.58 bits per heavy atom. The van der Waals surface area contributed by atoms with Crippen LogP contribution in [0.2, 0.25) is 0 Å². The quantitative estimate of drug-likeness (QED) is 0.822. The summed E-state index contributed by atoms with van der Waals surface area (Å²) in [6.07, 6.45) is 2.80. The summed E-state index contributed by atoms with van der Waals surface area (Å²) in [7, 11) is -3.37. The van der Waals surface area contributed by atoms with Gasteiger partial charge in [0, 0.05) is 19.1 Å². The van der Waals surface area contributed by atoms with Gasteiger partial charge >= 0.3 is 0 Å². The van der Waals surface area contributed by atoms with Gasteiger partial charge in [-0.25, -0.2) is 8.42 Å². The van der Waals surface area contributed by atoms with Crippen LogP contribution < -0.4 is 10.2 Å². The van der Waals surface area contributed by atoms with Crippen molar-refractivity contribution in [2.24, 2.45) is 0 Å². The Morgan fingerprint density at radius 2 is 1.96 bits per heavy atom. The van der Waals surface area contributed by atoms with Crippen LogP contribution in [0, 0.1) is 0 Å². The van der Waals surface area contributed by atoms with Gasteiger partial charge in [-0.05, 0) is 25.0 Å². The highest BCUT2D eigenvalue weighted by Crippen LogP contribution is 2.29. The van der Waals surface area contributed by atoms with Crippen LogP contribution >= 0.6 is 0 Å². The van der Waals surface area contributed by atoms with Crippen LogP contribution in [-0.2, 0) is 19.6 Å². The third-order valence-corrected chi connectivity index (χ3v) is 5.49. The topological polar surface area (TPSA) is 79.0 Å². The van der Waals surface area contributed by atoms with Crippen LogP contribution in [-0.4, -0.2) is 63.8 Å². The van der Waals surface area contributed by atoms with E-state index in [4.69, 9.17) is 4.74 Å². The molecule has 0 atom stereocenters. The van der Waals surface area contributed by atoms with Gasteiger partial charge < -0.3 is 15.0 Å². The number of anilines is 2. The third kappa shape index (κ3) is 4.25. The zero-order chi connectivity index (χ0) is 17.2. The van der Waals surface area contributed by atoms with E-state index in [0.29, 0.717) is 18.9 Å². The molecule has 1 saturated heterocycles. The molecule has 1 aromatic carbocycles. The Morgan fingerprint density at radius 1 is 1.29 bits per heavy atom. The van der Waals surface area contributed by atoms with Gasteiger partial charge in [0.15, 0.2) is 0 Å². The largest absolute Gasteiger partial charge is 0.378 e. The molecular weight excluding hydrogens is 330 g/mol. The number of benzene rings is 1. The molecule has 132 valence electrons. The normalized spacial score (nSPS) is 18.7. The highest BCUT2D eigenvalue weighted by atomic mass is 32.2. The maximum atomic E-state index is 12.4. The fourth-order valence-electron chi connectivity index (χ4n) is 2.87. The lowest BCUT2D eigenvalue weighted by molar-refractivity contribution is -0.116. The Hall–Kier alpha value is -1.64. The van der Waals surface area contributed by atoms with Gasteiger partial charge in [0.2, 0.25) is 15.9 Å². The van der Waals surface area contributed by atoms with Crippen molar-refractivity contribution in [2.45, 2.75) is 18.9 Å². The van der Waals surface area contributed by atoms with Gasteiger partial charge in [-0.2, -0.15) is 4.31 Å². The number of sulfonamides is 1. The van der Waals surface area contributed by atoms with Crippen LogP contribution in [0.15, 0.2) is 24.3 Å². The minimum absolute atomic E-state index is 0.0276. The van der Waals surface area contributed by atoms with Crippen LogP contribution in [0.3, 0.4) is 0 Å². The molecule has 7 nitrogen and oxygen atoms in total. The average Bonchev–Trinajstić information content (AvgIpc) is 3.37. The van der Waals surface area contributed by atoms with Crippen molar-refractivity contribution in [3.05, 3.63) is 24.3 Å². The number of hydrogen-bond acceptors (Lipinski definition) is 5. The molecule has 1 N–H and O–H groups in total. The molecule has 0 bridgehead atoms. The predicted molar refractivity (Wildman–Crippen MR) is 92.7 cm³/mol. The number of amides is 1. The van der Waals surface area contributed by atoms with Crippen molar-refractivity contribution >= 4 is 27.3 Å². The van der Waals surface area contributed by atoms with E-state index in [0.717, 1.165) is 37.9 Å². The number of nitrogens with zero attached hydrogens (tertiary/aromatic N) is 2. The fraction of sp³-hybridized carbons (Fsp3) is 0.562. The van der Waals surface area contributed by atoms with Crippen molar-refractivity contribution in [1.82, 2.24) is 4.31 Å². The first-order chi connectivity index (χ1) is 11.4. The first-order valence-electron chi connectivity index (χ1n) is 8.13. The van der Waals surface area contributed by atoms with E-state index < -0.39 is 10.0 Å². The summed E-state index contributed by atoms with van der Waals surface area (Å²) in [5.74, 6) is -0.312. The first-order valence-corrected chi connectivity index (χ1v) is 9.98. The molecule has 0 radical (unpaired) electrons. The van der Waals surface area contributed by atoms with Gasteiger partial charge in [0.1, 0.15) is 0 Å². The summed E-state index contributed by atoms with van der Waals surface area (Å²) < 4.78 is 30.3. The second-order valence-electron chi connectivity index (χ2n) is 6.20. The van der Waals surface area contributed by atoms with Crippen molar-refractivity contribution < 1.29 is 17.9 Å². The van der Waals surface area contributed by atoms with Crippen LogP contribution in [0.1, 0.15) is 12.8 Å². The van der Waals surface area contributed by atoms with E-state index in [1.54, 1.807) is 0 Å². The molecule has 0 spiro atoms. The lowest BCUT2D eigenvalue weighted by Gasteiger charge is -2.30. The summed E-state index contributed by atoms with van der Waals surface area (Å²) in [4.78, 5) is 14.5. The van der Waals surface area contributed by atoms with Gasteiger partial charge in [0.05, 0.1) is 37.4 Å². The fourth-order valence-corrected chi connectivity index (χ4v) is 3.97. The summed E-state index contributed by atoms with van der Waals surface area (Å²) >= 11 is 0. The molecule has 1 heterocycles. The van der Waals surface area contributed by atoms with E-state index in [-0.39, 0.29) is 18.5 Å². The molecule has 1 saturated carbocycles. The van der Waals surface area contributed by atoms with E-state index in [1.807, 2.05) is 24.3 Å². The second-order valence-corrected chi connectivity index (χ2v) is 8.14. The smallest absolute Gasteiger partial charge is 0.239 e. The molecule has 2 fully saturated rings. The van der Waals surface area contributed by atoms with Crippen LogP contribution in [0.25, 0.3) is 0 Å². The first kappa shape index (κ1) is 17.2. The van der Waals surface area contributed by atoms with E-state index in [1.165, 1.54) is 4.31 Å². The summed E-state index contributed by atoms with van der Waals surface area (Å²) in [6.45, 7) is 2.72. The Bertz CT molecular complexity index is 697. The number of rotatable bonds is 6. The molecule has 1 amide bonds. The van der Waals surface area contributed by atoms with Crippen molar-refractivity contribution in [1.29, 1.82) is 0 Å². The molecule has 0 aromatic heterocycles. The zero-order valence-corrected chi connectivity index (χ0v) is 14.6. The maximum absolute atomic E-state index is 12.4. The summed E-state index contributed by atoms with van der Waals surface area (Å²) in [5, 5.41) is 2.87. The highest BCUT2D eigenvalue weighted by molar-refractivity contribution is 7.88. The van der Waals surface area contributed by atoms with Crippen molar-refractivity contribution in [3.8, 4) is 0 Å². The van der Waals surface area contributed by atoms with Gasteiger partial charge in [-0.15, -0.1) is 0 Å². The van der Waals surface area contributed by atoms with Crippen LogP contribution in [0.5, 0.6) is 0 Å². The zero-order valence-electron chi connectivity index (χ0n) is 13.8. The lowest BCUT2D eigenvalue weighted by atomic mass is 10.2. The number of morpholine rings is 1. The predicted octanol–water partition coefficient (Wildman–Crippen LogP) is 0.886. The van der Waals surface area contributed by atoms with Crippen LogP contribution in [0.4, 0.5) is 11.4 Å². The van der Waals surface area contributed by atoms with E-state index in [2.05, 4.69) is 10.2 Å². The molecule has 1 aliphatic carbocycles. The van der Waals surface area contributed by atoms with E-state index in [9.17, 15) is 13.2 Å². The minimum atomic E-state index is -3.37. The molecular formula is C16H23N3O4S.